The third-order valence-corrected chi connectivity index (χ3v) is 0.822. The van der Waals surface area contributed by atoms with E-state index >= 15 is 0 Å². The molecule has 0 aliphatic rings. The van der Waals surface area contributed by atoms with Crippen LogP contribution >= 0.6 is 0 Å². The number of hydrogen-bond acceptors (Lipinski definition) is 6. The van der Waals surface area contributed by atoms with Crippen LogP contribution in [0.5, 0.6) is 0 Å². The van der Waals surface area contributed by atoms with Crippen molar-refractivity contribution in [2.45, 2.75) is 0 Å². The zero-order valence-electron chi connectivity index (χ0n) is 6.57. The Kier molecular flexibility index (Phi) is 15.9. The van der Waals surface area contributed by atoms with Crippen LogP contribution in [-0.4, -0.2) is 36.7 Å². The minimum Gasteiger partial charge on any atom is -1.00 e. The van der Waals surface area contributed by atoms with Gasteiger partial charge in [0.15, 0.2) is 0 Å². The van der Waals surface area contributed by atoms with Crippen molar-refractivity contribution in [1.29, 1.82) is 0 Å². The van der Waals surface area contributed by atoms with Gasteiger partial charge < -0.3 is 20.2 Å². The zero-order valence-corrected chi connectivity index (χ0v) is 8.57. The van der Waals surface area contributed by atoms with E-state index in [2.05, 4.69) is 4.43 Å². The summed E-state index contributed by atoms with van der Waals surface area (Å²) in [5, 5.41) is 0. The van der Waals surface area contributed by atoms with Gasteiger partial charge >= 0.3 is 44.8 Å². The van der Waals surface area contributed by atoms with E-state index in [1.165, 1.54) is 0 Å². The number of rotatable bonds is 1. The first-order valence-electron chi connectivity index (χ1n) is 1.69. The summed E-state index contributed by atoms with van der Waals surface area (Å²) in [4.78, 5) is 39.8. The third-order valence-electron chi connectivity index (χ3n) is 0.274. The van der Waals surface area contributed by atoms with E-state index in [4.69, 9.17) is 24.0 Å². The fraction of sp³-hybridized carbons (Fsp3) is 0.500. The van der Waals surface area contributed by atoms with Crippen molar-refractivity contribution in [1.82, 2.24) is 0 Å². The average Bonchev–Trinajstić information content (AvgIpc) is 1.67. The topological polar surface area (TPSA) is 104 Å². The molecule has 0 unspecified atom stereocenters. The first kappa shape index (κ1) is 16.8. The predicted octanol–water partition coefficient (Wildman–Crippen LogP) is -5.42. The minimum absolute atomic E-state index is 0. The second-order valence-corrected chi connectivity index (χ2v) is 2.42. The van der Waals surface area contributed by atoms with Crippen LogP contribution in [0.15, 0.2) is 0 Å². The van der Waals surface area contributed by atoms with Crippen molar-refractivity contribution < 1.29 is 59.4 Å². The molecule has 0 saturated heterocycles. The molecular weight excluding hydrogens is 171 g/mol. The standard InChI is InChI=1S/CH6O4Si.CO2.Na.H/c1-5-6(2,3)4;2-1-3;;/h2-4H,1H3;;;/q;;+1;-1. The molecule has 8 heteroatoms. The molecule has 0 bridgehead atoms. The summed E-state index contributed by atoms with van der Waals surface area (Å²) in [5.41, 5.74) is 0. The van der Waals surface area contributed by atoms with Gasteiger partial charge in [-0.25, -0.2) is 0 Å². The van der Waals surface area contributed by atoms with Gasteiger partial charge in [-0.1, -0.05) is 0 Å². The molecule has 0 amide bonds. The SMILES string of the molecule is CO[Si](O)(O)O.O=C=O.[H-].[Na+]. The van der Waals surface area contributed by atoms with Crippen LogP contribution in [0.3, 0.4) is 0 Å². The van der Waals surface area contributed by atoms with Crippen LogP contribution in [0.4, 0.5) is 0 Å². The van der Waals surface area contributed by atoms with Crippen molar-refractivity contribution in [2.75, 3.05) is 7.11 Å². The second-order valence-electron chi connectivity index (χ2n) is 0.861. The summed E-state index contributed by atoms with van der Waals surface area (Å²) in [6.07, 6.45) is 0.250. The smallest absolute Gasteiger partial charge is 1.00 e. The first-order valence-corrected chi connectivity index (χ1v) is 3.44. The van der Waals surface area contributed by atoms with Gasteiger partial charge in [-0.05, 0) is 0 Å². The maximum Gasteiger partial charge on any atom is 1.00 e. The number of hydrogen-bond donors (Lipinski definition) is 3. The van der Waals surface area contributed by atoms with E-state index in [9.17, 15) is 0 Å². The molecule has 0 aromatic rings. The van der Waals surface area contributed by atoms with E-state index < -0.39 is 9.05 Å². The Hall–Kier alpha value is 0.437. The molecule has 0 saturated carbocycles. The van der Waals surface area contributed by atoms with Gasteiger partial charge in [0.2, 0.25) is 0 Å². The summed E-state index contributed by atoms with van der Waals surface area (Å²) in [6, 6.07) is 0. The summed E-state index contributed by atoms with van der Waals surface area (Å²) < 4.78 is 3.74. The summed E-state index contributed by atoms with van der Waals surface area (Å²) in [7, 11) is -3.11. The minimum atomic E-state index is -4.13. The molecule has 10 heavy (non-hydrogen) atoms. The first-order chi connectivity index (χ1) is 3.97. The summed E-state index contributed by atoms with van der Waals surface area (Å²) in [6.45, 7) is 0. The fourth-order valence-corrected chi connectivity index (χ4v) is 0. The van der Waals surface area contributed by atoms with E-state index in [1.54, 1.807) is 0 Å². The maximum atomic E-state index is 8.12. The average molecular weight is 178 g/mol. The molecule has 0 aliphatic carbocycles. The van der Waals surface area contributed by atoms with Crippen LogP contribution in [0.2, 0.25) is 0 Å². The molecule has 56 valence electrons. The van der Waals surface area contributed by atoms with Crippen molar-refractivity contribution >= 4 is 15.2 Å². The Labute approximate surface area is 81.7 Å². The van der Waals surface area contributed by atoms with Gasteiger partial charge in [0.1, 0.15) is 0 Å². The largest absolute Gasteiger partial charge is 1.00 e. The molecule has 0 heterocycles. The molecule has 0 fully saturated rings. The van der Waals surface area contributed by atoms with E-state index in [0.717, 1.165) is 7.11 Å². The van der Waals surface area contributed by atoms with Crippen LogP contribution in [0.1, 0.15) is 1.43 Å². The van der Waals surface area contributed by atoms with Crippen LogP contribution in [0.25, 0.3) is 0 Å². The molecule has 0 aromatic carbocycles. The number of carbonyl (C=O) groups excluding carboxylic acids is 2. The Balaban J connectivity index is -0.0000000437. The Morgan fingerprint density at radius 2 is 1.50 bits per heavy atom. The quantitative estimate of drug-likeness (QED) is 0.346. The van der Waals surface area contributed by atoms with Gasteiger partial charge in [0.05, 0.1) is 0 Å². The molecule has 0 radical (unpaired) electrons. The third kappa shape index (κ3) is 39.5. The summed E-state index contributed by atoms with van der Waals surface area (Å²) in [5.74, 6) is 0. The molecular formula is C2H7NaO6Si. The Morgan fingerprint density at radius 3 is 1.50 bits per heavy atom. The molecule has 0 atom stereocenters. The van der Waals surface area contributed by atoms with E-state index in [-0.39, 0.29) is 37.1 Å². The van der Waals surface area contributed by atoms with Crippen molar-refractivity contribution in [3.05, 3.63) is 0 Å². The van der Waals surface area contributed by atoms with Crippen molar-refractivity contribution in [2.24, 2.45) is 0 Å². The fourth-order valence-electron chi connectivity index (χ4n) is 0. The van der Waals surface area contributed by atoms with Gasteiger partial charge in [-0.15, -0.1) is 0 Å². The van der Waals surface area contributed by atoms with Crippen LogP contribution in [0, 0.1) is 0 Å². The molecule has 0 aliphatic heterocycles. The van der Waals surface area contributed by atoms with Crippen LogP contribution in [-0.2, 0) is 14.0 Å². The molecule has 0 spiro atoms. The monoisotopic (exact) mass is 178 g/mol. The molecule has 0 aromatic heterocycles. The zero-order chi connectivity index (χ0) is 7.91. The Bertz CT molecular complexity index is 97.2. The molecule has 3 N–H and O–H groups in total. The van der Waals surface area contributed by atoms with Gasteiger partial charge in [0.25, 0.3) is 0 Å². The molecule has 0 rings (SSSR count). The molecule has 6 nitrogen and oxygen atoms in total. The second kappa shape index (κ2) is 9.44. The van der Waals surface area contributed by atoms with Gasteiger partial charge in [0, 0.05) is 7.11 Å². The van der Waals surface area contributed by atoms with Gasteiger partial charge in [-0.3, -0.25) is 0 Å². The van der Waals surface area contributed by atoms with Crippen LogP contribution < -0.4 is 29.6 Å². The maximum absolute atomic E-state index is 8.12. The summed E-state index contributed by atoms with van der Waals surface area (Å²) >= 11 is 0. The van der Waals surface area contributed by atoms with E-state index in [1.807, 2.05) is 0 Å². The normalized spacial score (nSPS) is 8.00. The van der Waals surface area contributed by atoms with Crippen molar-refractivity contribution in [3.8, 4) is 0 Å². The van der Waals surface area contributed by atoms with Crippen molar-refractivity contribution in [3.63, 3.8) is 0 Å². The van der Waals surface area contributed by atoms with E-state index in [0.29, 0.717) is 0 Å². The predicted molar refractivity (Wildman–Crippen MR) is 25.5 cm³/mol. The van der Waals surface area contributed by atoms with Gasteiger partial charge in [-0.2, -0.15) is 9.59 Å². The Morgan fingerprint density at radius 1 is 1.40 bits per heavy atom.